The van der Waals surface area contributed by atoms with Gasteiger partial charge in [0.15, 0.2) is 5.16 Å². The van der Waals surface area contributed by atoms with E-state index >= 15 is 0 Å². The molecule has 0 spiro atoms. The summed E-state index contributed by atoms with van der Waals surface area (Å²) < 4.78 is 1.93. The number of hydrogen-bond acceptors (Lipinski definition) is 4. The number of anilines is 1. The zero-order valence-electron chi connectivity index (χ0n) is 11.2. The van der Waals surface area contributed by atoms with Gasteiger partial charge in [0.25, 0.3) is 0 Å². The van der Waals surface area contributed by atoms with E-state index in [9.17, 15) is 4.79 Å². The standard InChI is InChI=1S/C13H15ClN4OS/c1-9(2)18-8-15-17-13(18)20-7-12(19)16-11-5-3-10(14)4-6-11/h3-6,8-9H,7H2,1-2H3,(H,16,19). The van der Waals surface area contributed by atoms with Gasteiger partial charge in [-0.2, -0.15) is 0 Å². The number of nitrogens with zero attached hydrogens (tertiary/aromatic N) is 3. The van der Waals surface area contributed by atoms with E-state index in [-0.39, 0.29) is 17.7 Å². The number of benzene rings is 1. The molecule has 106 valence electrons. The van der Waals surface area contributed by atoms with E-state index < -0.39 is 0 Å². The first kappa shape index (κ1) is 14.9. The molecule has 0 atom stereocenters. The molecular weight excluding hydrogens is 296 g/mol. The fourth-order valence-corrected chi connectivity index (χ4v) is 2.52. The van der Waals surface area contributed by atoms with E-state index in [0.29, 0.717) is 5.02 Å². The maximum atomic E-state index is 11.9. The molecule has 0 radical (unpaired) electrons. The van der Waals surface area contributed by atoms with Gasteiger partial charge >= 0.3 is 0 Å². The van der Waals surface area contributed by atoms with Gasteiger partial charge in [-0.15, -0.1) is 10.2 Å². The van der Waals surface area contributed by atoms with Crippen LogP contribution in [0.4, 0.5) is 5.69 Å². The van der Waals surface area contributed by atoms with Crippen molar-refractivity contribution in [1.29, 1.82) is 0 Å². The molecule has 0 aliphatic heterocycles. The average Bonchev–Trinajstić information content (AvgIpc) is 2.88. The third-order valence-electron chi connectivity index (χ3n) is 2.56. The van der Waals surface area contributed by atoms with Gasteiger partial charge in [-0.05, 0) is 38.1 Å². The Balaban J connectivity index is 1.89. The maximum Gasteiger partial charge on any atom is 0.234 e. The van der Waals surface area contributed by atoms with Gasteiger partial charge in [0, 0.05) is 16.8 Å². The van der Waals surface area contributed by atoms with E-state index in [1.807, 2.05) is 18.4 Å². The van der Waals surface area contributed by atoms with Gasteiger partial charge in [-0.3, -0.25) is 4.79 Å². The number of halogens is 1. The first-order chi connectivity index (χ1) is 9.56. The number of thioether (sulfide) groups is 1. The second-order valence-corrected chi connectivity index (χ2v) is 5.84. The van der Waals surface area contributed by atoms with Crippen molar-refractivity contribution >= 4 is 35.0 Å². The smallest absolute Gasteiger partial charge is 0.234 e. The Morgan fingerprint density at radius 3 is 2.75 bits per heavy atom. The van der Waals surface area contributed by atoms with Crippen LogP contribution < -0.4 is 5.32 Å². The van der Waals surface area contributed by atoms with Crippen LogP contribution in [0.5, 0.6) is 0 Å². The molecule has 1 aromatic carbocycles. The van der Waals surface area contributed by atoms with Crippen LogP contribution in [0.25, 0.3) is 0 Å². The third kappa shape index (κ3) is 3.98. The monoisotopic (exact) mass is 310 g/mol. The highest BCUT2D eigenvalue weighted by Gasteiger charge is 2.10. The maximum absolute atomic E-state index is 11.9. The first-order valence-electron chi connectivity index (χ1n) is 6.14. The Morgan fingerprint density at radius 1 is 1.40 bits per heavy atom. The Morgan fingerprint density at radius 2 is 2.10 bits per heavy atom. The summed E-state index contributed by atoms with van der Waals surface area (Å²) >= 11 is 7.15. The lowest BCUT2D eigenvalue weighted by Gasteiger charge is -2.09. The van der Waals surface area contributed by atoms with E-state index in [2.05, 4.69) is 15.5 Å². The predicted octanol–water partition coefficient (Wildman–Crippen LogP) is 3.24. The largest absolute Gasteiger partial charge is 0.325 e. The van der Waals surface area contributed by atoms with Crippen molar-refractivity contribution < 1.29 is 4.79 Å². The van der Waals surface area contributed by atoms with Crippen LogP contribution >= 0.6 is 23.4 Å². The molecule has 0 saturated carbocycles. The number of hydrogen-bond donors (Lipinski definition) is 1. The molecule has 1 aromatic heterocycles. The normalized spacial score (nSPS) is 10.8. The van der Waals surface area contributed by atoms with Crippen LogP contribution in [0.15, 0.2) is 35.7 Å². The fraction of sp³-hybridized carbons (Fsp3) is 0.308. The summed E-state index contributed by atoms with van der Waals surface area (Å²) in [7, 11) is 0. The summed E-state index contributed by atoms with van der Waals surface area (Å²) in [6.45, 7) is 4.09. The van der Waals surface area contributed by atoms with E-state index in [4.69, 9.17) is 11.6 Å². The van der Waals surface area contributed by atoms with Crippen molar-refractivity contribution in [3.05, 3.63) is 35.6 Å². The van der Waals surface area contributed by atoms with Crippen molar-refractivity contribution in [3.63, 3.8) is 0 Å². The molecule has 0 aliphatic carbocycles. The molecule has 1 N–H and O–H groups in total. The van der Waals surface area contributed by atoms with Crippen LogP contribution in [-0.2, 0) is 4.79 Å². The SMILES string of the molecule is CC(C)n1cnnc1SCC(=O)Nc1ccc(Cl)cc1. The van der Waals surface area contributed by atoms with Gasteiger partial charge < -0.3 is 9.88 Å². The molecule has 0 aliphatic rings. The molecule has 20 heavy (non-hydrogen) atoms. The van der Waals surface area contributed by atoms with E-state index in [0.717, 1.165) is 10.8 Å². The summed E-state index contributed by atoms with van der Waals surface area (Å²) in [6.07, 6.45) is 1.67. The van der Waals surface area contributed by atoms with Gasteiger partial charge in [0.05, 0.1) is 5.75 Å². The lowest BCUT2D eigenvalue weighted by Crippen LogP contribution is -2.14. The van der Waals surface area contributed by atoms with Crippen LogP contribution in [-0.4, -0.2) is 26.4 Å². The Bertz CT molecular complexity index is 582. The topological polar surface area (TPSA) is 59.8 Å². The first-order valence-corrected chi connectivity index (χ1v) is 7.50. The molecule has 0 saturated heterocycles. The highest BCUT2D eigenvalue weighted by atomic mass is 35.5. The number of carbonyl (C=O) groups is 1. The quantitative estimate of drug-likeness (QED) is 0.861. The minimum absolute atomic E-state index is 0.0874. The summed E-state index contributed by atoms with van der Waals surface area (Å²) in [5.41, 5.74) is 0.727. The number of aromatic nitrogens is 3. The molecule has 5 nitrogen and oxygen atoms in total. The highest BCUT2D eigenvalue weighted by Crippen LogP contribution is 2.19. The van der Waals surface area contributed by atoms with Crippen molar-refractivity contribution in [3.8, 4) is 0 Å². The Labute approximate surface area is 126 Å². The van der Waals surface area contributed by atoms with Gasteiger partial charge in [0.1, 0.15) is 6.33 Å². The minimum atomic E-state index is -0.0874. The molecule has 0 fully saturated rings. The van der Waals surface area contributed by atoms with Crippen LogP contribution in [0.3, 0.4) is 0 Å². The molecule has 7 heteroatoms. The molecule has 0 bridgehead atoms. The summed E-state index contributed by atoms with van der Waals surface area (Å²) in [4.78, 5) is 11.9. The Kier molecular flexibility index (Phi) is 5.03. The summed E-state index contributed by atoms with van der Waals surface area (Å²) in [6, 6.07) is 7.27. The van der Waals surface area contributed by atoms with Crippen LogP contribution in [0, 0.1) is 0 Å². The molecule has 2 rings (SSSR count). The van der Waals surface area contributed by atoms with Gasteiger partial charge in [0.2, 0.25) is 5.91 Å². The highest BCUT2D eigenvalue weighted by molar-refractivity contribution is 7.99. The second kappa shape index (κ2) is 6.76. The predicted molar refractivity (Wildman–Crippen MR) is 81.2 cm³/mol. The number of amides is 1. The molecule has 1 amide bonds. The van der Waals surface area contributed by atoms with Crippen LogP contribution in [0.1, 0.15) is 19.9 Å². The summed E-state index contributed by atoms with van der Waals surface area (Å²) in [5, 5.41) is 12.1. The van der Waals surface area contributed by atoms with Gasteiger partial charge in [-0.25, -0.2) is 0 Å². The Hall–Kier alpha value is -1.53. The lowest BCUT2D eigenvalue weighted by atomic mass is 10.3. The fourth-order valence-electron chi connectivity index (χ4n) is 1.55. The zero-order valence-corrected chi connectivity index (χ0v) is 12.8. The molecule has 2 aromatic rings. The van der Waals surface area contributed by atoms with Crippen molar-refractivity contribution in [1.82, 2.24) is 14.8 Å². The van der Waals surface area contributed by atoms with E-state index in [1.165, 1.54) is 11.8 Å². The van der Waals surface area contributed by atoms with Crippen LogP contribution in [0.2, 0.25) is 5.02 Å². The number of rotatable bonds is 5. The number of carbonyl (C=O) groups excluding carboxylic acids is 1. The van der Waals surface area contributed by atoms with Crippen molar-refractivity contribution in [2.24, 2.45) is 0 Å². The summed E-state index contributed by atoms with van der Waals surface area (Å²) in [5.74, 6) is 0.198. The van der Waals surface area contributed by atoms with Crippen molar-refractivity contribution in [2.75, 3.05) is 11.1 Å². The molecular formula is C13H15ClN4OS. The van der Waals surface area contributed by atoms with E-state index in [1.54, 1.807) is 30.6 Å². The molecule has 0 unspecified atom stereocenters. The zero-order chi connectivity index (χ0) is 14.5. The van der Waals surface area contributed by atoms with Crippen molar-refractivity contribution in [2.45, 2.75) is 25.0 Å². The second-order valence-electron chi connectivity index (χ2n) is 4.46. The average molecular weight is 311 g/mol. The van der Waals surface area contributed by atoms with Gasteiger partial charge in [-0.1, -0.05) is 23.4 Å². The molecule has 1 heterocycles. The minimum Gasteiger partial charge on any atom is -0.325 e. The lowest BCUT2D eigenvalue weighted by molar-refractivity contribution is -0.113. The third-order valence-corrected chi connectivity index (χ3v) is 3.77. The number of nitrogens with one attached hydrogen (secondary N) is 1.